The Bertz CT molecular complexity index is 275. The molecule has 0 aromatic heterocycles. The van der Waals surface area contributed by atoms with E-state index in [1.807, 2.05) is 0 Å². The molecule has 0 heterocycles. The van der Waals surface area contributed by atoms with Gasteiger partial charge in [0.1, 0.15) is 11.6 Å². The van der Waals surface area contributed by atoms with E-state index < -0.39 is 18.2 Å². The molecule has 0 saturated heterocycles. The predicted octanol–water partition coefficient (Wildman–Crippen LogP) is 2.06. The third kappa shape index (κ3) is 1.67. The van der Waals surface area contributed by atoms with Crippen LogP contribution < -0.4 is 0 Å². The van der Waals surface area contributed by atoms with E-state index >= 15 is 0 Å². The first kappa shape index (κ1) is 8.86. The second kappa shape index (κ2) is 3.44. The fourth-order valence-corrected chi connectivity index (χ4v) is 1.22. The standard InChI is InChI=1S/C7H5F2IO/c8-5-1-2-6(10)7(9)4(5)3-11/h1-2,11H,3H2. The normalized spacial score (nSPS) is 10.2. The third-order valence-electron chi connectivity index (χ3n) is 1.30. The average Bonchev–Trinajstić information content (AvgIpc) is 1.99. The quantitative estimate of drug-likeness (QED) is 0.611. The summed E-state index contributed by atoms with van der Waals surface area (Å²) in [6.07, 6.45) is 0. The van der Waals surface area contributed by atoms with E-state index in [2.05, 4.69) is 0 Å². The van der Waals surface area contributed by atoms with Gasteiger partial charge in [-0.25, -0.2) is 8.78 Å². The van der Waals surface area contributed by atoms with Gasteiger partial charge in [0.2, 0.25) is 0 Å². The second-order valence-corrected chi connectivity index (χ2v) is 3.14. The molecular weight excluding hydrogens is 265 g/mol. The van der Waals surface area contributed by atoms with Crippen LogP contribution in [0.25, 0.3) is 0 Å². The predicted molar refractivity (Wildman–Crippen MR) is 45.0 cm³/mol. The van der Waals surface area contributed by atoms with E-state index in [0.717, 1.165) is 6.07 Å². The molecule has 0 radical (unpaired) electrons. The van der Waals surface area contributed by atoms with E-state index in [9.17, 15) is 8.78 Å². The van der Waals surface area contributed by atoms with Crippen molar-refractivity contribution in [1.29, 1.82) is 0 Å². The van der Waals surface area contributed by atoms with Crippen molar-refractivity contribution in [2.24, 2.45) is 0 Å². The molecule has 0 aliphatic rings. The number of benzene rings is 1. The summed E-state index contributed by atoms with van der Waals surface area (Å²) in [6, 6.07) is 2.46. The highest BCUT2D eigenvalue weighted by molar-refractivity contribution is 14.1. The fourth-order valence-electron chi connectivity index (χ4n) is 0.714. The number of hydrogen-bond acceptors (Lipinski definition) is 1. The Morgan fingerprint density at radius 2 is 2.00 bits per heavy atom. The van der Waals surface area contributed by atoms with Crippen molar-refractivity contribution in [2.45, 2.75) is 6.61 Å². The number of halogens is 3. The van der Waals surface area contributed by atoms with Crippen molar-refractivity contribution < 1.29 is 13.9 Å². The van der Waals surface area contributed by atoms with Crippen LogP contribution in [-0.4, -0.2) is 5.11 Å². The van der Waals surface area contributed by atoms with Crippen molar-refractivity contribution in [3.8, 4) is 0 Å². The van der Waals surface area contributed by atoms with E-state index in [1.54, 1.807) is 22.6 Å². The number of rotatable bonds is 1. The Morgan fingerprint density at radius 3 is 2.45 bits per heavy atom. The zero-order chi connectivity index (χ0) is 8.43. The molecule has 1 aromatic rings. The van der Waals surface area contributed by atoms with Gasteiger partial charge in [-0.15, -0.1) is 0 Å². The molecule has 0 aliphatic carbocycles. The lowest BCUT2D eigenvalue weighted by molar-refractivity contribution is 0.268. The molecule has 1 rings (SSSR count). The molecule has 60 valence electrons. The molecular formula is C7H5F2IO. The molecule has 0 unspecified atom stereocenters. The van der Waals surface area contributed by atoms with E-state index in [4.69, 9.17) is 5.11 Å². The van der Waals surface area contributed by atoms with E-state index in [-0.39, 0.29) is 5.56 Å². The van der Waals surface area contributed by atoms with Crippen LogP contribution in [0.1, 0.15) is 5.56 Å². The topological polar surface area (TPSA) is 20.2 Å². The van der Waals surface area contributed by atoms with Crippen molar-refractivity contribution in [3.05, 3.63) is 32.9 Å². The molecule has 11 heavy (non-hydrogen) atoms. The Kier molecular flexibility index (Phi) is 2.78. The minimum Gasteiger partial charge on any atom is -0.391 e. The van der Waals surface area contributed by atoms with Gasteiger partial charge in [0.25, 0.3) is 0 Å². The summed E-state index contributed by atoms with van der Waals surface area (Å²) in [6.45, 7) is -0.603. The van der Waals surface area contributed by atoms with Gasteiger partial charge in [-0.05, 0) is 34.7 Å². The molecule has 1 nitrogen and oxygen atoms in total. The summed E-state index contributed by atoms with van der Waals surface area (Å²) < 4.78 is 25.8. The van der Waals surface area contributed by atoms with Gasteiger partial charge < -0.3 is 5.11 Å². The SMILES string of the molecule is OCc1c(F)ccc(I)c1F. The summed E-state index contributed by atoms with van der Waals surface area (Å²) in [4.78, 5) is 0. The molecule has 0 saturated carbocycles. The highest BCUT2D eigenvalue weighted by Gasteiger charge is 2.09. The number of hydrogen-bond donors (Lipinski definition) is 1. The monoisotopic (exact) mass is 270 g/mol. The summed E-state index contributed by atoms with van der Waals surface area (Å²) in [7, 11) is 0. The van der Waals surface area contributed by atoms with E-state index in [0.29, 0.717) is 3.57 Å². The Balaban J connectivity index is 3.29. The number of aliphatic hydroxyl groups excluding tert-OH is 1. The van der Waals surface area contributed by atoms with Crippen LogP contribution in [0.2, 0.25) is 0 Å². The molecule has 4 heteroatoms. The molecule has 0 atom stereocenters. The Hall–Kier alpha value is -0.230. The largest absolute Gasteiger partial charge is 0.391 e. The molecule has 1 aromatic carbocycles. The second-order valence-electron chi connectivity index (χ2n) is 1.98. The maximum Gasteiger partial charge on any atom is 0.144 e. The van der Waals surface area contributed by atoms with Crippen molar-refractivity contribution >= 4 is 22.6 Å². The number of aliphatic hydroxyl groups is 1. The summed E-state index contributed by atoms with van der Waals surface area (Å²) in [5.41, 5.74) is -0.267. The van der Waals surface area contributed by atoms with Crippen LogP contribution in [0.4, 0.5) is 8.78 Å². The molecule has 0 amide bonds. The fraction of sp³-hybridized carbons (Fsp3) is 0.143. The Labute approximate surface area is 76.2 Å². The highest BCUT2D eigenvalue weighted by Crippen LogP contribution is 2.17. The van der Waals surface area contributed by atoms with Gasteiger partial charge in [0.15, 0.2) is 0 Å². The molecule has 0 spiro atoms. The molecule has 0 fully saturated rings. The van der Waals surface area contributed by atoms with Crippen LogP contribution in [0, 0.1) is 15.2 Å². The van der Waals surface area contributed by atoms with Gasteiger partial charge >= 0.3 is 0 Å². The lowest BCUT2D eigenvalue weighted by Gasteiger charge is -2.01. The molecule has 0 bridgehead atoms. The Morgan fingerprint density at radius 1 is 1.36 bits per heavy atom. The van der Waals surface area contributed by atoms with Gasteiger partial charge in [0.05, 0.1) is 6.61 Å². The minimum atomic E-state index is -0.703. The smallest absolute Gasteiger partial charge is 0.144 e. The minimum absolute atomic E-state index is 0.267. The zero-order valence-electron chi connectivity index (χ0n) is 5.44. The van der Waals surface area contributed by atoms with Crippen molar-refractivity contribution in [2.75, 3.05) is 0 Å². The third-order valence-corrected chi connectivity index (χ3v) is 2.13. The first-order chi connectivity index (χ1) is 5.16. The van der Waals surface area contributed by atoms with Gasteiger partial charge in [0, 0.05) is 9.13 Å². The van der Waals surface area contributed by atoms with E-state index in [1.165, 1.54) is 6.07 Å². The van der Waals surface area contributed by atoms with Crippen LogP contribution >= 0.6 is 22.6 Å². The average molecular weight is 270 g/mol. The summed E-state index contributed by atoms with van der Waals surface area (Å²) in [5, 5.41) is 8.54. The van der Waals surface area contributed by atoms with Crippen LogP contribution in [-0.2, 0) is 6.61 Å². The maximum absolute atomic E-state index is 12.9. The molecule has 1 N–H and O–H groups in total. The van der Waals surface area contributed by atoms with Crippen molar-refractivity contribution in [1.82, 2.24) is 0 Å². The highest BCUT2D eigenvalue weighted by atomic mass is 127. The first-order valence-corrected chi connectivity index (χ1v) is 3.98. The van der Waals surface area contributed by atoms with Gasteiger partial charge in [-0.1, -0.05) is 0 Å². The van der Waals surface area contributed by atoms with Crippen LogP contribution in [0.15, 0.2) is 12.1 Å². The van der Waals surface area contributed by atoms with Gasteiger partial charge in [-0.2, -0.15) is 0 Å². The lowest BCUT2D eigenvalue weighted by atomic mass is 10.2. The zero-order valence-corrected chi connectivity index (χ0v) is 7.60. The summed E-state index contributed by atoms with van der Waals surface area (Å²) in [5.74, 6) is -1.38. The maximum atomic E-state index is 12.9. The van der Waals surface area contributed by atoms with Crippen LogP contribution in [0.3, 0.4) is 0 Å². The summed E-state index contributed by atoms with van der Waals surface area (Å²) >= 11 is 1.74. The first-order valence-electron chi connectivity index (χ1n) is 2.90. The van der Waals surface area contributed by atoms with Gasteiger partial charge in [-0.3, -0.25) is 0 Å². The van der Waals surface area contributed by atoms with Crippen LogP contribution in [0.5, 0.6) is 0 Å². The molecule has 0 aliphatic heterocycles. The lowest BCUT2D eigenvalue weighted by Crippen LogP contribution is -1.97. The van der Waals surface area contributed by atoms with Crippen molar-refractivity contribution in [3.63, 3.8) is 0 Å².